The summed E-state index contributed by atoms with van der Waals surface area (Å²) in [5, 5.41) is 3.17. The second kappa shape index (κ2) is 13.2. The number of ether oxygens (including phenoxy) is 1. The Kier molecular flexibility index (Phi) is 8.62. The largest absolute Gasteiger partial charge is 0.444 e. The first-order chi connectivity index (χ1) is 25.4. The highest BCUT2D eigenvalue weighted by Crippen LogP contribution is 2.43. The van der Waals surface area contributed by atoms with Crippen LogP contribution in [0.1, 0.15) is 78.2 Å². The molecule has 3 fully saturated rings. The molecule has 274 valence electrons. The number of piperidine rings is 1. The number of nitrogens with zero attached hydrogens (tertiary/aromatic N) is 6. The molecule has 2 saturated heterocycles. The number of hydrogen-bond acceptors (Lipinski definition) is 8. The minimum atomic E-state index is -0.579. The first-order valence-corrected chi connectivity index (χ1v) is 18.7. The molecule has 1 unspecified atom stereocenters. The Labute approximate surface area is 310 Å². The Morgan fingerprint density at radius 2 is 1.68 bits per heavy atom. The van der Waals surface area contributed by atoms with Crippen molar-refractivity contribution in [3.05, 3.63) is 84.6 Å². The monoisotopic (exact) mass is 712 g/mol. The van der Waals surface area contributed by atoms with Gasteiger partial charge < -0.3 is 25.6 Å². The van der Waals surface area contributed by atoms with Crippen molar-refractivity contribution in [1.29, 1.82) is 0 Å². The Balaban J connectivity index is 1.15. The van der Waals surface area contributed by atoms with Crippen LogP contribution in [0.5, 0.6) is 0 Å². The second-order valence-corrected chi connectivity index (χ2v) is 16.0. The molecular formula is C42H48N8O3. The Hall–Kier alpha value is -5.45. The van der Waals surface area contributed by atoms with Crippen molar-refractivity contribution < 1.29 is 14.3 Å². The van der Waals surface area contributed by atoms with Gasteiger partial charge in [0.15, 0.2) is 11.5 Å². The third-order valence-corrected chi connectivity index (χ3v) is 11.4. The summed E-state index contributed by atoms with van der Waals surface area (Å²) in [5.74, 6) is 1.17. The fourth-order valence-electron chi connectivity index (χ4n) is 8.56. The SMILES string of the molecule is CC(=O)N(C)C1C[C@H]2CC[C@@H](C1)N2c1cccc(-c2ccc3nc(-c4cccnc4N)n(-c4ccc(C5(NC(=O)OC(C)(C)C)CCC5)cc4)c3n2)c1. The number of nitrogens with one attached hydrogen (secondary N) is 1. The number of imidazole rings is 1. The summed E-state index contributed by atoms with van der Waals surface area (Å²) in [6.07, 6.45) is 8.22. The van der Waals surface area contributed by atoms with Crippen molar-refractivity contribution in [2.45, 2.75) is 102 Å². The number of aromatic nitrogens is 4. The van der Waals surface area contributed by atoms with Crippen LogP contribution < -0.4 is 16.0 Å². The van der Waals surface area contributed by atoms with Crippen LogP contribution in [0.2, 0.25) is 0 Å². The minimum absolute atomic E-state index is 0.133. The van der Waals surface area contributed by atoms with Crippen LogP contribution in [0.25, 0.3) is 39.5 Å². The number of rotatable bonds is 7. The smallest absolute Gasteiger partial charge is 0.408 e. The number of nitrogen functional groups attached to an aromatic ring is 1. The van der Waals surface area contributed by atoms with Crippen molar-refractivity contribution in [1.82, 2.24) is 29.7 Å². The number of amides is 2. The Morgan fingerprint density at radius 3 is 2.32 bits per heavy atom. The van der Waals surface area contributed by atoms with Gasteiger partial charge in [0.25, 0.3) is 0 Å². The van der Waals surface area contributed by atoms with Crippen LogP contribution in [0.15, 0.2) is 79.0 Å². The fraction of sp³-hybridized carbons (Fsp3) is 0.405. The number of carbonyl (C=O) groups is 2. The van der Waals surface area contributed by atoms with Crippen molar-refractivity contribution in [2.24, 2.45) is 0 Å². The molecule has 3 aromatic heterocycles. The van der Waals surface area contributed by atoms with Crippen molar-refractivity contribution >= 4 is 34.7 Å². The first-order valence-electron chi connectivity index (χ1n) is 18.7. The molecule has 2 amide bonds. The molecule has 11 heteroatoms. The van der Waals surface area contributed by atoms with Gasteiger partial charge in [-0.25, -0.2) is 19.7 Å². The number of nitrogens with two attached hydrogens (primary N) is 1. The lowest BCUT2D eigenvalue weighted by Gasteiger charge is -2.43. The van der Waals surface area contributed by atoms with E-state index in [0.717, 1.165) is 78.5 Å². The number of fused-ring (bicyclic) bond motifs is 3. The van der Waals surface area contributed by atoms with E-state index in [1.54, 1.807) is 13.1 Å². The summed E-state index contributed by atoms with van der Waals surface area (Å²) >= 11 is 0. The van der Waals surface area contributed by atoms with E-state index in [2.05, 4.69) is 63.7 Å². The molecule has 53 heavy (non-hydrogen) atoms. The van der Waals surface area contributed by atoms with Gasteiger partial charge in [-0.2, -0.15) is 0 Å². The van der Waals surface area contributed by atoms with Crippen LogP contribution >= 0.6 is 0 Å². The van der Waals surface area contributed by atoms with E-state index in [9.17, 15) is 9.59 Å². The maximum Gasteiger partial charge on any atom is 0.408 e. The zero-order valence-corrected chi connectivity index (χ0v) is 31.2. The van der Waals surface area contributed by atoms with Gasteiger partial charge in [-0.3, -0.25) is 9.36 Å². The van der Waals surface area contributed by atoms with Gasteiger partial charge in [0, 0.05) is 55.2 Å². The molecule has 2 aromatic carbocycles. The zero-order chi connectivity index (χ0) is 37.1. The van der Waals surface area contributed by atoms with E-state index in [0.29, 0.717) is 29.4 Å². The third-order valence-electron chi connectivity index (χ3n) is 11.4. The van der Waals surface area contributed by atoms with Crippen LogP contribution in [0, 0.1) is 0 Å². The molecule has 2 aliphatic heterocycles. The van der Waals surface area contributed by atoms with Crippen LogP contribution in [0.3, 0.4) is 0 Å². The van der Waals surface area contributed by atoms with Gasteiger partial charge in [0.05, 0.1) is 16.8 Å². The molecule has 5 aromatic rings. The van der Waals surface area contributed by atoms with Crippen molar-refractivity contribution in [2.75, 3.05) is 17.7 Å². The van der Waals surface area contributed by atoms with E-state index in [-0.39, 0.29) is 11.9 Å². The maximum atomic E-state index is 12.8. The molecule has 11 nitrogen and oxygen atoms in total. The lowest BCUT2D eigenvalue weighted by molar-refractivity contribution is -0.130. The van der Waals surface area contributed by atoms with Crippen LogP contribution in [0.4, 0.5) is 16.3 Å². The number of benzene rings is 2. The molecule has 5 heterocycles. The number of alkyl carbamates (subject to hydrolysis) is 1. The van der Waals surface area contributed by atoms with Gasteiger partial charge in [0.2, 0.25) is 5.91 Å². The van der Waals surface area contributed by atoms with Gasteiger partial charge in [-0.05, 0) is 120 Å². The minimum Gasteiger partial charge on any atom is -0.444 e. The molecular weight excluding hydrogens is 665 g/mol. The summed E-state index contributed by atoms with van der Waals surface area (Å²) in [5.41, 5.74) is 12.5. The predicted octanol–water partition coefficient (Wildman–Crippen LogP) is 7.61. The second-order valence-electron chi connectivity index (χ2n) is 16.0. The normalized spacial score (nSPS) is 20.5. The average Bonchev–Trinajstić information content (AvgIpc) is 3.62. The number of anilines is 2. The summed E-state index contributed by atoms with van der Waals surface area (Å²) in [7, 11) is 1.94. The molecule has 0 spiro atoms. The summed E-state index contributed by atoms with van der Waals surface area (Å²) in [4.78, 5) is 44.2. The first kappa shape index (κ1) is 34.6. The molecule has 3 atom stereocenters. The topological polar surface area (TPSA) is 132 Å². The van der Waals surface area contributed by atoms with E-state index >= 15 is 0 Å². The Morgan fingerprint density at radius 1 is 0.943 bits per heavy atom. The third kappa shape index (κ3) is 6.46. The lowest BCUT2D eigenvalue weighted by atomic mass is 9.72. The number of pyridine rings is 2. The van der Waals surface area contributed by atoms with Gasteiger partial charge >= 0.3 is 6.09 Å². The van der Waals surface area contributed by atoms with Gasteiger partial charge in [-0.15, -0.1) is 0 Å². The molecule has 1 aliphatic carbocycles. The van der Waals surface area contributed by atoms with Crippen molar-refractivity contribution in [3.63, 3.8) is 0 Å². The maximum absolute atomic E-state index is 12.8. The van der Waals surface area contributed by atoms with Gasteiger partial charge in [0.1, 0.15) is 16.9 Å². The van der Waals surface area contributed by atoms with Gasteiger partial charge in [-0.1, -0.05) is 24.3 Å². The average molecular weight is 713 g/mol. The molecule has 3 N–H and O–H groups in total. The van der Waals surface area contributed by atoms with E-state index in [4.69, 9.17) is 20.4 Å². The van der Waals surface area contributed by atoms with Crippen molar-refractivity contribution in [3.8, 4) is 28.3 Å². The van der Waals surface area contributed by atoms with Crippen LogP contribution in [-0.4, -0.2) is 67.2 Å². The number of carbonyl (C=O) groups excluding carboxylic acids is 2. The van der Waals surface area contributed by atoms with E-state index < -0.39 is 17.2 Å². The molecule has 2 bridgehead atoms. The summed E-state index contributed by atoms with van der Waals surface area (Å²) in [6.45, 7) is 7.28. The lowest BCUT2D eigenvalue weighted by Crippen LogP contribution is -2.52. The number of hydrogen-bond donors (Lipinski definition) is 2. The Bertz CT molecular complexity index is 2170. The standard InChI is InChI=1S/C42H48N8O3/c1-26(51)48(5)33-24-31-16-17-32(25-33)49(31)30-10-6-9-27(23-30)35-18-19-36-39(45-35)50(38(46-36)34-11-7-22-44-37(34)43)29-14-12-28(13-15-29)42(20-8-21-42)47-40(52)53-41(2,3)4/h6-7,9-15,18-19,22-23,31-33H,8,16-17,20-21,24-25H2,1-5H3,(H2,43,44)(H,47,52)/t31-,32+,33?. The molecule has 3 aliphatic rings. The summed E-state index contributed by atoms with van der Waals surface area (Å²) < 4.78 is 7.66. The highest BCUT2D eigenvalue weighted by atomic mass is 16.6. The molecule has 8 rings (SSSR count). The van der Waals surface area contributed by atoms with E-state index in [1.807, 2.05) is 61.6 Å². The summed E-state index contributed by atoms with van der Waals surface area (Å²) in [6, 6.07) is 25.9. The predicted molar refractivity (Wildman–Crippen MR) is 208 cm³/mol. The highest BCUT2D eigenvalue weighted by molar-refractivity contribution is 5.85. The zero-order valence-electron chi connectivity index (χ0n) is 31.2. The molecule has 1 saturated carbocycles. The highest BCUT2D eigenvalue weighted by Gasteiger charge is 2.43. The quantitative estimate of drug-likeness (QED) is 0.176. The van der Waals surface area contributed by atoms with Crippen LogP contribution in [-0.2, 0) is 15.1 Å². The van der Waals surface area contributed by atoms with E-state index in [1.165, 1.54) is 5.69 Å². The molecule has 0 radical (unpaired) electrons. The fourth-order valence-corrected chi connectivity index (χ4v) is 8.56.